The number of hydrogen-bond acceptors (Lipinski definition) is 9. The molecule has 5 heterocycles. The molecule has 0 saturated carbocycles. The van der Waals surface area contributed by atoms with Gasteiger partial charge in [0.05, 0.1) is 23.5 Å². The number of aliphatic imine (C=N–C) groups is 1. The first-order valence-corrected chi connectivity index (χ1v) is 13.2. The molecule has 224 valence electrons. The lowest BCUT2D eigenvalue weighted by Crippen LogP contribution is -2.32. The zero-order valence-corrected chi connectivity index (χ0v) is 23.4. The van der Waals surface area contributed by atoms with Crippen molar-refractivity contribution in [2.24, 2.45) is 4.99 Å². The van der Waals surface area contributed by atoms with Crippen molar-refractivity contribution >= 4 is 53.0 Å². The molecule has 0 atom stereocenters. The summed E-state index contributed by atoms with van der Waals surface area (Å²) >= 11 is 0. The van der Waals surface area contributed by atoms with Gasteiger partial charge in [-0.05, 0) is 67.4 Å². The van der Waals surface area contributed by atoms with E-state index >= 15 is 0 Å². The van der Waals surface area contributed by atoms with Crippen molar-refractivity contribution in [3.05, 3.63) is 94.7 Å². The van der Waals surface area contributed by atoms with Crippen LogP contribution >= 0.6 is 0 Å². The minimum Gasteiger partial charge on any atom is -0.483 e. The Morgan fingerprint density at radius 3 is 2.61 bits per heavy atom. The van der Waals surface area contributed by atoms with Crippen LogP contribution in [-0.2, 0) is 11.0 Å². The van der Waals surface area contributed by atoms with E-state index in [1.165, 1.54) is 0 Å². The molecule has 0 saturated heterocycles. The van der Waals surface area contributed by atoms with Gasteiger partial charge in [0.15, 0.2) is 0 Å². The maximum Gasteiger partial charge on any atom is 0.416 e. The number of pyridine rings is 2. The summed E-state index contributed by atoms with van der Waals surface area (Å²) in [4.78, 5) is 45.3. The Balaban J connectivity index is 0.00000123. The number of fused-ring (bicyclic) bond motifs is 3. The molecule has 0 aliphatic carbocycles. The van der Waals surface area contributed by atoms with E-state index in [4.69, 9.17) is 19.9 Å². The number of amides is 1. The normalized spacial score (nSPS) is 13.4. The van der Waals surface area contributed by atoms with Crippen LogP contribution in [0.15, 0.2) is 66.0 Å². The van der Waals surface area contributed by atoms with Gasteiger partial charge in [0.25, 0.3) is 12.4 Å². The highest BCUT2D eigenvalue weighted by atomic mass is 19.4. The Morgan fingerprint density at radius 2 is 1.86 bits per heavy atom. The fourth-order valence-corrected chi connectivity index (χ4v) is 4.72. The van der Waals surface area contributed by atoms with Crippen molar-refractivity contribution < 1.29 is 27.9 Å². The van der Waals surface area contributed by atoms with E-state index in [0.717, 1.165) is 63.6 Å². The molecule has 2 aliphatic rings. The van der Waals surface area contributed by atoms with E-state index in [2.05, 4.69) is 25.6 Å². The average molecular weight is 603 g/mol. The molecule has 0 bridgehead atoms. The lowest BCUT2D eigenvalue weighted by molar-refractivity contribution is -0.137. The molecule has 0 spiro atoms. The van der Waals surface area contributed by atoms with E-state index in [9.17, 15) is 18.0 Å². The first-order valence-electron chi connectivity index (χ1n) is 13.2. The van der Waals surface area contributed by atoms with Gasteiger partial charge in [0, 0.05) is 42.0 Å². The zero-order chi connectivity index (χ0) is 31.4. The number of nitrogens with one attached hydrogen (secondary N) is 2. The monoisotopic (exact) mass is 602 g/mol. The van der Waals surface area contributed by atoms with Crippen LogP contribution in [-0.4, -0.2) is 56.3 Å². The van der Waals surface area contributed by atoms with Gasteiger partial charge < -0.3 is 20.6 Å². The molecule has 1 amide bonds. The van der Waals surface area contributed by atoms with Crippen molar-refractivity contribution in [1.29, 1.82) is 0 Å². The largest absolute Gasteiger partial charge is 0.483 e. The Labute approximate surface area is 249 Å². The van der Waals surface area contributed by atoms with Gasteiger partial charge in [-0.15, -0.1) is 0 Å². The summed E-state index contributed by atoms with van der Waals surface area (Å²) in [5.74, 6) is 1.16. The number of anilines is 4. The average Bonchev–Trinajstić information content (AvgIpc) is 3.50. The Hall–Kier alpha value is -5.66. The van der Waals surface area contributed by atoms with Crippen LogP contribution in [0.1, 0.15) is 38.4 Å². The molecule has 44 heavy (non-hydrogen) atoms. The van der Waals surface area contributed by atoms with Gasteiger partial charge in [-0.3, -0.25) is 24.5 Å². The van der Waals surface area contributed by atoms with Crippen LogP contribution in [0.3, 0.4) is 0 Å². The molecular weight excluding hydrogens is 577 g/mol. The topological polar surface area (TPSA) is 146 Å². The fraction of sp³-hybridized carbons (Fsp3) is 0.167. The SMILES string of the molecule is Cc1ccc(NC(=O)c2cc(C(F)(F)F)ccn2)cc1C1=Cc2cnc(Nc3cccnc3C)nc2N2CCN=C12.O=CO. The van der Waals surface area contributed by atoms with E-state index in [1.54, 1.807) is 24.5 Å². The van der Waals surface area contributed by atoms with Crippen LogP contribution in [0.2, 0.25) is 0 Å². The molecule has 0 unspecified atom stereocenters. The zero-order valence-electron chi connectivity index (χ0n) is 23.4. The molecule has 3 aromatic heterocycles. The van der Waals surface area contributed by atoms with Crippen molar-refractivity contribution in [3.63, 3.8) is 0 Å². The van der Waals surface area contributed by atoms with Crippen LogP contribution in [0.4, 0.5) is 36.3 Å². The molecule has 2 aliphatic heterocycles. The minimum atomic E-state index is -4.58. The van der Waals surface area contributed by atoms with Crippen LogP contribution in [0, 0.1) is 13.8 Å². The van der Waals surface area contributed by atoms with Gasteiger partial charge in [0.2, 0.25) is 5.95 Å². The Kier molecular flexibility index (Phi) is 8.33. The second-order valence-electron chi connectivity index (χ2n) is 9.67. The van der Waals surface area contributed by atoms with E-state index in [-0.39, 0.29) is 12.2 Å². The predicted molar refractivity (Wildman–Crippen MR) is 159 cm³/mol. The predicted octanol–water partition coefficient (Wildman–Crippen LogP) is 5.37. The lowest BCUT2D eigenvalue weighted by atomic mass is 9.94. The standard InChI is InChI=1S/C29H23F3N8O.CH2O2/c1-16-5-6-20(37-27(41)24-13-19(7-9-34-24)29(30,31)32)14-21(16)22-12-18-15-36-28(38-23-4-3-8-33-17(23)2)39-25(18)40-11-10-35-26(22)40;2-1-3/h3-9,12-15H,10-11H2,1-2H3,(H,37,41)(H,36,38,39);1H,(H,2,3). The number of nitrogens with zero attached hydrogens (tertiary/aromatic N) is 6. The van der Waals surface area contributed by atoms with Crippen LogP contribution in [0.25, 0.3) is 11.6 Å². The number of rotatable bonds is 5. The van der Waals surface area contributed by atoms with Crippen molar-refractivity contribution in [3.8, 4) is 0 Å². The van der Waals surface area contributed by atoms with E-state index in [1.807, 2.05) is 43.0 Å². The van der Waals surface area contributed by atoms with Crippen molar-refractivity contribution in [2.75, 3.05) is 28.6 Å². The van der Waals surface area contributed by atoms with E-state index < -0.39 is 17.6 Å². The quantitative estimate of drug-likeness (QED) is 0.257. The first kappa shape index (κ1) is 29.8. The van der Waals surface area contributed by atoms with E-state index in [0.29, 0.717) is 24.7 Å². The fourth-order valence-electron chi connectivity index (χ4n) is 4.72. The summed E-state index contributed by atoms with van der Waals surface area (Å²) in [5, 5.41) is 12.8. The molecule has 1 aromatic carbocycles. The smallest absolute Gasteiger partial charge is 0.416 e. The van der Waals surface area contributed by atoms with Crippen molar-refractivity contribution in [2.45, 2.75) is 20.0 Å². The molecule has 11 nitrogen and oxygen atoms in total. The van der Waals surface area contributed by atoms with Gasteiger partial charge in [-0.2, -0.15) is 18.2 Å². The molecule has 14 heteroatoms. The minimum absolute atomic E-state index is 0.250. The summed E-state index contributed by atoms with van der Waals surface area (Å²) < 4.78 is 39.3. The summed E-state index contributed by atoms with van der Waals surface area (Å²) in [6.45, 7) is 4.80. The first-order chi connectivity index (χ1) is 21.1. The Morgan fingerprint density at radius 1 is 1.07 bits per heavy atom. The third-order valence-corrected chi connectivity index (χ3v) is 6.79. The van der Waals surface area contributed by atoms with Gasteiger partial charge in [-0.25, -0.2) is 4.98 Å². The third-order valence-electron chi connectivity index (χ3n) is 6.79. The highest BCUT2D eigenvalue weighted by molar-refractivity contribution is 6.36. The third kappa shape index (κ3) is 6.23. The number of carbonyl (C=O) groups is 2. The summed E-state index contributed by atoms with van der Waals surface area (Å²) in [6.07, 6.45) is 1.81. The number of alkyl halides is 3. The number of halogens is 3. The van der Waals surface area contributed by atoms with Crippen molar-refractivity contribution in [1.82, 2.24) is 19.9 Å². The second-order valence-corrected chi connectivity index (χ2v) is 9.67. The maximum atomic E-state index is 13.1. The highest BCUT2D eigenvalue weighted by Gasteiger charge is 2.32. The molecule has 4 aromatic rings. The number of benzene rings is 1. The van der Waals surface area contributed by atoms with Gasteiger partial charge >= 0.3 is 6.18 Å². The number of aryl methyl sites for hydroxylation is 2. The molecule has 3 N–H and O–H groups in total. The maximum absolute atomic E-state index is 13.1. The van der Waals surface area contributed by atoms with Gasteiger partial charge in [-0.1, -0.05) is 6.07 Å². The van der Waals surface area contributed by atoms with Crippen LogP contribution < -0.4 is 15.5 Å². The summed E-state index contributed by atoms with van der Waals surface area (Å²) in [7, 11) is 0. The van der Waals surface area contributed by atoms with Gasteiger partial charge in [0.1, 0.15) is 17.3 Å². The number of carbonyl (C=O) groups excluding carboxylic acids is 1. The number of hydrogen-bond donors (Lipinski definition) is 3. The Bertz CT molecular complexity index is 1810. The lowest BCUT2D eigenvalue weighted by Gasteiger charge is -2.28. The number of amidine groups is 1. The molecular formula is C30H25F3N8O3. The summed E-state index contributed by atoms with van der Waals surface area (Å²) in [6, 6.07) is 10.6. The summed E-state index contributed by atoms with van der Waals surface area (Å²) in [5.41, 5.74) is 4.14. The highest BCUT2D eigenvalue weighted by Crippen LogP contribution is 2.37. The number of aromatic nitrogens is 4. The van der Waals surface area contributed by atoms with Crippen LogP contribution in [0.5, 0.6) is 0 Å². The molecule has 6 rings (SSSR count). The molecule has 0 radical (unpaired) electrons. The number of carboxylic acid groups (broad SMARTS) is 1. The second kappa shape index (κ2) is 12.3. The molecule has 0 fully saturated rings.